The van der Waals surface area contributed by atoms with Gasteiger partial charge in [-0.25, -0.2) is 0 Å². The fraction of sp³-hybridized carbons (Fsp3) is 0.438. The number of likely N-dealkylation sites (N-methyl/N-ethyl adjacent to an activating group) is 1. The lowest BCUT2D eigenvalue weighted by Crippen LogP contribution is -2.53. The van der Waals surface area contributed by atoms with E-state index in [1.807, 2.05) is 6.92 Å². The van der Waals surface area contributed by atoms with Crippen molar-refractivity contribution in [3.05, 3.63) is 29.3 Å². The van der Waals surface area contributed by atoms with E-state index >= 15 is 0 Å². The predicted molar refractivity (Wildman–Crippen MR) is 81.1 cm³/mol. The maximum Gasteiger partial charge on any atom is 0.207 e. The summed E-state index contributed by atoms with van der Waals surface area (Å²) in [6, 6.07) is 6.79. The molecular formula is C16H18N4O2. The minimum Gasteiger partial charge on any atom is -0.485 e. The summed E-state index contributed by atoms with van der Waals surface area (Å²) in [4.78, 5) is 5.38. The van der Waals surface area contributed by atoms with Crippen molar-refractivity contribution >= 4 is 6.34 Å². The van der Waals surface area contributed by atoms with Crippen LogP contribution < -0.4 is 4.74 Å². The number of fused-ring (bicyclic) bond motifs is 1. The van der Waals surface area contributed by atoms with Crippen LogP contribution in [0.3, 0.4) is 0 Å². The summed E-state index contributed by atoms with van der Waals surface area (Å²) in [5.74, 6) is 0.628. The van der Waals surface area contributed by atoms with Crippen molar-refractivity contribution in [2.24, 2.45) is 4.99 Å². The zero-order valence-corrected chi connectivity index (χ0v) is 12.8. The number of ether oxygens (including phenoxy) is 1. The summed E-state index contributed by atoms with van der Waals surface area (Å²) in [5, 5.41) is 28.5. The zero-order chi connectivity index (χ0) is 16.3. The van der Waals surface area contributed by atoms with Crippen LogP contribution >= 0.6 is 0 Å². The van der Waals surface area contributed by atoms with E-state index in [4.69, 9.17) is 15.3 Å². The van der Waals surface area contributed by atoms with Gasteiger partial charge in [-0.1, -0.05) is 0 Å². The number of nitrogens with zero attached hydrogens (tertiary/aromatic N) is 4. The van der Waals surface area contributed by atoms with E-state index in [-0.39, 0.29) is 0 Å². The molecule has 6 heteroatoms. The number of benzene rings is 1. The summed E-state index contributed by atoms with van der Waals surface area (Å²) in [6.07, 6.45) is 2.30. The van der Waals surface area contributed by atoms with Gasteiger partial charge in [0.1, 0.15) is 23.8 Å². The van der Waals surface area contributed by atoms with Gasteiger partial charge in [-0.3, -0.25) is 0 Å². The summed E-state index contributed by atoms with van der Waals surface area (Å²) in [5.41, 5.74) is 0.421. The number of hydrogen-bond acceptors (Lipinski definition) is 5. The molecule has 0 spiro atoms. The first-order chi connectivity index (χ1) is 10.4. The molecule has 0 saturated carbocycles. The van der Waals surface area contributed by atoms with Crippen LogP contribution in [0.1, 0.15) is 37.9 Å². The molecule has 0 bridgehead atoms. The molecule has 1 aromatic carbocycles. The lowest BCUT2D eigenvalue weighted by atomic mass is 9.85. The van der Waals surface area contributed by atoms with Crippen molar-refractivity contribution in [2.45, 2.75) is 38.5 Å². The molecule has 2 atom stereocenters. The quantitative estimate of drug-likeness (QED) is 0.523. The molecule has 1 aliphatic heterocycles. The van der Waals surface area contributed by atoms with Crippen molar-refractivity contribution < 1.29 is 9.84 Å². The molecule has 1 aliphatic rings. The van der Waals surface area contributed by atoms with E-state index in [0.717, 1.165) is 5.56 Å². The van der Waals surface area contributed by atoms with Gasteiger partial charge in [0, 0.05) is 12.1 Å². The smallest absolute Gasteiger partial charge is 0.207 e. The second-order valence-electron chi connectivity index (χ2n) is 5.63. The third kappa shape index (κ3) is 2.74. The average molecular weight is 298 g/mol. The van der Waals surface area contributed by atoms with Gasteiger partial charge in [-0.15, -0.1) is 0 Å². The minimum atomic E-state index is -0.834. The van der Waals surface area contributed by atoms with Gasteiger partial charge in [0.15, 0.2) is 0 Å². The normalized spacial score (nSPS) is 22.3. The molecule has 1 heterocycles. The largest absolute Gasteiger partial charge is 0.485 e. The summed E-state index contributed by atoms with van der Waals surface area (Å²) in [6.45, 7) is 6.08. The molecule has 22 heavy (non-hydrogen) atoms. The summed E-state index contributed by atoms with van der Waals surface area (Å²) >= 11 is 0. The Labute approximate surface area is 129 Å². The van der Waals surface area contributed by atoms with Crippen molar-refractivity contribution in [3.8, 4) is 18.0 Å². The SMILES string of the molecule is CCN(C=NC#N)[C@@H]1c2cc(C#N)ccc2OC(C)(C)[C@H]1O. The highest BCUT2D eigenvalue weighted by Crippen LogP contribution is 2.42. The van der Waals surface area contributed by atoms with Crippen molar-refractivity contribution in [1.29, 1.82) is 10.5 Å². The second-order valence-corrected chi connectivity index (χ2v) is 5.63. The Bertz CT molecular complexity index is 670. The summed E-state index contributed by atoms with van der Waals surface area (Å²) < 4.78 is 5.86. The highest BCUT2D eigenvalue weighted by atomic mass is 16.5. The molecule has 114 valence electrons. The van der Waals surface area contributed by atoms with Crippen molar-refractivity contribution in [3.63, 3.8) is 0 Å². The molecule has 0 aromatic heterocycles. The maximum absolute atomic E-state index is 10.7. The molecule has 0 amide bonds. The lowest BCUT2D eigenvalue weighted by Gasteiger charge is -2.45. The van der Waals surface area contributed by atoms with E-state index in [1.54, 1.807) is 43.1 Å². The molecule has 0 radical (unpaired) electrons. The van der Waals surface area contributed by atoms with Crippen LogP contribution in [-0.4, -0.2) is 34.6 Å². The van der Waals surface area contributed by atoms with Crippen molar-refractivity contribution in [1.82, 2.24) is 4.90 Å². The molecule has 0 saturated heterocycles. The third-order valence-corrected chi connectivity index (χ3v) is 3.83. The first kappa shape index (κ1) is 15.8. The van der Waals surface area contributed by atoms with E-state index in [0.29, 0.717) is 17.9 Å². The monoisotopic (exact) mass is 298 g/mol. The summed E-state index contributed by atoms with van der Waals surface area (Å²) in [7, 11) is 0. The molecule has 1 N–H and O–H groups in total. The number of rotatable bonds is 3. The van der Waals surface area contributed by atoms with Crippen molar-refractivity contribution in [2.75, 3.05) is 6.54 Å². The van der Waals surface area contributed by atoms with Gasteiger partial charge in [-0.05, 0) is 39.0 Å². The number of aliphatic hydroxyl groups excluding tert-OH is 1. The standard InChI is InChI=1S/C16H18N4O2/c1-4-20(10-19-9-18)14-12-7-11(8-17)5-6-13(12)22-16(2,3)15(14)21/h5-7,10,14-15,21H,4H2,1-3H3/t14-,15+/m1/s1. The van der Waals surface area contributed by atoms with Gasteiger partial charge >= 0.3 is 0 Å². The van der Waals surface area contributed by atoms with Crippen LogP contribution in [0.5, 0.6) is 5.75 Å². The maximum atomic E-state index is 10.7. The molecule has 0 unspecified atom stereocenters. The highest BCUT2D eigenvalue weighted by molar-refractivity contribution is 5.59. The van der Waals surface area contributed by atoms with E-state index in [2.05, 4.69) is 11.1 Å². The van der Waals surface area contributed by atoms with E-state index in [1.165, 1.54) is 6.34 Å². The Kier molecular flexibility index (Phi) is 4.35. The van der Waals surface area contributed by atoms with E-state index in [9.17, 15) is 5.11 Å². The van der Waals surface area contributed by atoms with Crippen LogP contribution in [0.2, 0.25) is 0 Å². The first-order valence-corrected chi connectivity index (χ1v) is 7.03. The molecular weight excluding hydrogens is 280 g/mol. The molecule has 0 fully saturated rings. The Balaban J connectivity index is 2.57. The first-order valence-electron chi connectivity index (χ1n) is 7.03. The van der Waals surface area contributed by atoms with Gasteiger partial charge in [0.2, 0.25) is 6.19 Å². The fourth-order valence-corrected chi connectivity index (χ4v) is 2.65. The third-order valence-electron chi connectivity index (χ3n) is 3.83. The minimum absolute atomic E-state index is 0.436. The number of hydrogen-bond donors (Lipinski definition) is 1. The van der Waals surface area contributed by atoms with E-state index < -0.39 is 17.7 Å². The lowest BCUT2D eigenvalue weighted by molar-refractivity contribution is -0.0802. The fourth-order valence-electron chi connectivity index (χ4n) is 2.65. The van der Waals surface area contributed by atoms with Crippen LogP contribution in [0.25, 0.3) is 0 Å². The van der Waals surface area contributed by atoms with Crippen LogP contribution in [-0.2, 0) is 0 Å². The van der Waals surface area contributed by atoms with Crippen LogP contribution in [0, 0.1) is 22.8 Å². The topological polar surface area (TPSA) is 92.6 Å². The Morgan fingerprint density at radius 1 is 1.45 bits per heavy atom. The van der Waals surface area contributed by atoms with Gasteiger partial charge < -0.3 is 14.7 Å². The van der Waals surface area contributed by atoms with Crippen LogP contribution in [0.4, 0.5) is 0 Å². The highest BCUT2D eigenvalue weighted by Gasteiger charge is 2.44. The predicted octanol–water partition coefficient (Wildman–Crippen LogP) is 1.96. The van der Waals surface area contributed by atoms with Gasteiger partial charge in [0.05, 0.1) is 17.7 Å². The van der Waals surface area contributed by atoms with Gasteiger partial charge in [-0.2, -0.15) is 15.5 Å². The second kappa shape index (κ2) is 6.05. The Morgan fingerprint density at radius 2 is 2.18 bits per heavy atom. The number of aliphatic hydroxyl groups is 1. The average Bonchev–Trinajstić information content (AvgIpc) is 2.50. The van der Waals surface area contributed by atoms with Crippen LogP contribution in [0.15, 0.2) is 23.2 Å². The number of aliphatic imine (C=N–C) groups is 1. The zero-order valence-electron chi connectivity index (χ0n) is 12.8. The molecule has 2 rings (SSSR count). The molecule has 0 aliphatic carbocycles. The van der Waals surface area contributed by atoms with Gasteiger partial charge in [0.25, 0.3) is 0 Å². The Hall–Kier alpha value is -2.57. The molecule has 6 nitrogen and oxygen atoms in total. The Morgan fingerprint density at radius 3 is 2.77 bits per heavy atom. The number of nitriles is 2. The molecule has 1 aromatic rings.